The van der Waals surface area contributed by atoms with E-state index in [1.807, 2.05) is 0 Å². The lowest BCUT2D eigenvalue weighted by atomic mass is 10.1. The molecule has 104 valence electrons. The number of hydrogen-bond donors (Lipinski definition) is 2. The molecule has 1 fully saturated rings. The zero-order valence-electron chi connectivity index (χ0n) is 10.9. The molecule has 1 aliphatic heterocycles. The maximum absolute atomic E-state index is 12.2. The molecule has 0 aliphatic carbocycles. The highest BCUT2D eigenvalue weighted by Gasteiger charge is 2.16. The van der Waals surface area contributed by atoms with Gasteiger partial charge in [-0.2, -0.15) is 4.68 Å². The summed E-state index contributed by atoms with van der Waals surface area (Å²) in [5, 5.41) is 17.2. The number of aromatic nitrogens is 5. The van der Waals surface area contributed by atoms with Gasteiger partial charge in [-0.05, 0) is 48.5 Å². The van der Waals surface area contributed by atoms with Crippen molar-refractivity contribution in [1.29, 1.82) is 0 Å². The first kappa shape index (κ1) is 12.7. The predicted octanol–water partition coefficient (Wildman–Crippen LogP) is -0.461. The Balaban J connectivity index is 1.73. The van der Waals surface area contributed by atoms with Crippen molar-refractivity contribution in [3.63, 3.8) is 0 Å². The summed E-state index contributed by atoms with van der Waals surface area (Å²) in [4.78, 5) is 16.4. The zero-order valence-corrected chi connectivity index (χ0v) is 10.9. The van der Waals surface area contributed by atoms with Crippen LogP contribution >= 0.6 is 0 Å². The van der Waals surface area contributed by atoms with Crippen LogP contribution in [-0.4, -0.2) is 50.2 Å². The van der Waals surface area contributed by atoms with Gasteiger partial charge in [-0.1, -0.05) is 0 Å². The maximum atomic E-state index is 12.2. The van der Waals surface area contributed by atoms with Crippen LogP contribution in [0, 0.1) is 0 Å². The Kier molecular flexibility index (Phi) is 3.64. The second-order valence-corrected chi connectivity index (χ2v) is 4.65. The quantitative estimate of drug-likeness (QED) is 0.785. The number of rotatable bonds is 3. The molecule has 0 radical (unpaired) electrons. The van der Waals surface area contributed by atoms with Gasteiger partial charge in [0.05, 0.1) is 0 Å². The molecule has 2 aromatic rings. The van der Waals surface area contributed by atoms with Gasteiger partial charge in [-0.3, -0.25) is 4.79 Å². The molecule has 0 spiro atoms. The van der Waals surface area contributed by atoms with E-state index >= 15 is 0 Å². The zero-order chi connectivity index (χ0) is 13.8. The Labute approximate surface area is 115 Å². The van der Waals surface area contributed by atoms with Gasteiger partial charge in [0.15, 0.2) is 5.82 Å². The Morgan fingerprint density at radius 3 is 3.00 bits per heavy atom. The van der Waals surface area contributed by atoms with E-state index in [2.05, 4.69) is 31.1 Å². The van der Waals surface area contributed by atoms with Gasteiger partial charge in [0, 0.05) is 17.8 Å². The van der Waals surface area contributed by atoms with Crippen molar-refractivity contribution in [2.75, 3.05) is 13.1 Å². The maximum Gasteiger partial charge on any atom is 0.251 e. The molecule has 0 atom stereocenters. The van der Waals surface area contributed by atoms with Gasteiger partial charge >= 0.3 is 0 Å². The molecular formula is C12H15N7O. The Hall–Kier alpha value is -2.35. The lowest BCUT2D eigenvalue weighted by Gasteiger charge is -2.23. The number of carbonyl (C=O) groups is 1. The van der Waals surface area contributed by atoms with Crippen molar-refractivity contribution in [3.05, 3.63) is 30.2 Å². The minimum absolute atomic E-state index is 0.0892. The van der Waals surface area contributed by atoms with Gasteiger partial charge in [-0.25, -0.2) is 4.98 Å². The van der Waals surface area contributed by atoms with E-state index in [1.165, 1.54) is 11.0 Å². The fourth-order valence-electron chi connectivity index (χ4n) is 2.19. The minimum Gasteiger partial charge on any atom is -0.349 e. The van der Waals surface area contributed by atoms with E-state index in [-0.39, 0.29) is 11.9 Å². The van der Waals surface area contributed by atoms with Gasteiger partial charge < -0.3 is 10.6 Å². The SMILES string of the molecule is O=C(NC1CCNCC1)c1ccnc(-n2cnnn2)c1. The van der Waals surface area contributed by atoms with Crippen LogP contribution in [0.15, 0.2) is 24.7 Å². The number of carbonyl (C=O) groups excluding carboxylic acids is 1. The van der Waals surface area contributed by atoms with Crippen molar-refractivity contribution in [2.45, 2.75) is 18.9 Å². The molecule has 2 aromatic heterocycles. The minimum atomic E-state index is -0.0892. The molecule has 0 aromatic carbocycles. The molecule has 1 saturated heterocycles. The summed E-state index contributed by atoms with van der Waals surface area (Å²) in [6, 6.07) is 3.59. The molecule has 1 aliphatic rings. The normalized spacial score (nSPS) is 16.0. The fourth-order valence-corrected chi connectivity index (χ4v) is 2.19. The summed E-state index contributed by atoms with van der Waals surface area (Å²) in [6.07, 6.45) is 4.93. The van der Waals surface area contributed by atoms with Crippen LogP contribution in [0.4, 0.5) is 0 Å². The summed E-state index contributed by atoms with van der Waals surface area (Å²) in [7, 11) is 0. The fraction of sp³-hybridized carbons (Fsp3) is 0.417. The smallest absolute Gasteiger partial charge is 0.251 e. The van der Waals surface area contributed by atoms with Crippen LogP contribution in [0.2, 0.25) is 0 Å². The summed E-state index contributed by atoms with van der Waals surface area (Å²) in [5.74, 6) is 0.432. The van der Waals surface area contributed by atoms with Crippen molar-refractivity contribution < 1.29 is 4.79 Å². The second-order valence-electron chi connectivity index (χ2n) is 4.65. The Morgan fingerprint density at radius 1 is 1.40 bits per heavy atom. The molecule has 0 saturated carbocycles. The van der Waals surface area contributed by atoms with Crippen molar-refractivity contribution >= 4 is 5.91 Å². The highest BCUT2D eigenvalue weighted by Crippen LogP contribution is 2.08. The average molecular weight is 273 g/mol. The third-order valence-electron chi connectivity index (χ3n) is 3.27. The van der Waals surface area contributed by atoms with E-state index in [4.69, 9.17) is 0 Å². The summed E-state index contributed by atoms with van der Waals surface area (Å²) in [6.45, 7) is 1.88. The van der Waals surface area contributed by atoms with Gasteiger partial charge in [0.25, 0.3) is 5.91 Å². The molecule has 3 heterocycles. The third-order valence-corrected chi connectivity index (χ3v) is 3.27. The monoisotopic (exact) mass is 273 g/mol. The number of tetrazole rings is 1. The van der Waals surface area contributed by atoms with Crippen LogP contribution in [0.25, 0.3) is 5.82 Å². The molecule has 2 N–H and O–H groups in total. The van der Waals surface area contributed by atoms with Crippen molar-refractivity contribution in [1.82, 2.24) is 35.8 Å². The average Bonchev–Trinajstić information content (AvgIpc) is 3.03. The largest absolute Gasteiger partial charge is 0.349 e. The van der Waals surface area contributed by atoms with E-state index in [0.29, 0.717) is 11.4 Å². The predicted molar refractivity (Wildman–Crippen MR) is 70.3 cm³/mol. The van der Waals surface area contributed by atoms with Crippen molar-refractivity contribution in [3.8, 4) is 5.82 Å². The molecule has 3 rings (SSSR count). The summed E-state index contributed by atoms with van der Waals surface area (Å²) in [5.41, 5.74) is 0.559. The number of piperidine rings is 1. The van der Waals surface area contributed by atoms with Crippen LogP contribution in [-0.2, 0) is 0 Å². The molecule has 0 bridgehead atoms. The highest BCUT2D eigenvalue weighted by atomic mass is 16.1. The molecular weight excluding hydrogens is 258 g/mol. The van der Waals surface area contributed by atoms with Gasteiger partial charge in [-0.15, -0.1) is 5.10 Å². The van der Waals surface area contributed by atoms with Crippen molar-refractivity contribution in [2.24, 2.45) is 0 Å². The van der Waals surface area contributed by atoms with Crippen LogP contribution in [0.5, 0.6) is 0 Å². The molecule has 20 heavy (non-hydrogen) atoms. The lowest BCUT2D eigenvalue weighted by Crippen LogP contribution is -2.42. The Bertz CT molecular complexity index is 577. The second kappa shape index (κ2) is 5.74. The number of amides is 1. The van der Waals surface area contributed by atoms with E-state index in [9.17, 15) is 4.79 Å². The number of nitrogens with one attached hydrogen (secondary N) is 2. The highest BCUT2D eigenvalue weighted by molar-refractivity contribution is 5.94. The molecule has 0 unspecified atom stereocenters. The van der Waals surface area contributed by atoms with Crippen LogP contribution < -0.4 is 10.6 Å². The van der Waals surface area contributed by atoms with Crippen LogP contribution in [0.3, 0.4) is 0 Å². The summed E-state index contributed by atoms with van der Waals surface area (Å²) >= 11 is 0. The number of pyridine rings is 1. The van der Waals surface area contributed by atoms with Crippen LogP contribution in [0.1, 0.15) is 23.2 Å². The Morgan fingerprint density at radius 2 is 2.25 bits per heavy atom. The summed E-state index contributed by atoms with van der Waals surface area (Å²) < 4.78 is 1.42. The van der Waals surface area contributed by atoms with E-state index < -0.39 is 0 Å². The molecule has 1 amide bonds. The van der Waals surface area contributed by atoms with Gasteiger partial charge in [0.2, 0.25) is 0 Å². The molecule has 8 nitrogen and oxygen atoms in total. The number of hydrogen-bond acceptors (Lipinski definition) is 6. The first-order chi connectivity index (χ1) is 9.83. The first-order valence-electron chi connectivity index (χ1n) is 6.54. The van der Waals surface area contributed by atoms with E-state index in [0.717, 1.165) is 25.9 Å². The third kappa shape index (κ3) is 2.80. The molecule has 8 heteroatoms. The standard InChI is InChI=1S/C12H15N7O/c20-12(16-10-2-4-13-5-3-10)9-1-6-14-11(7-9)19-8-15-17-18-19/h1,6-8,10,13H,2-5H2,(H,16,20). The first-order valence-corrected chi connectivity index (χ1v) is 6.54. The van der Waals surface area contributed by atoms with Gasteiger partial charge in [0.1, 0.15) is 6.33 Å². The lowest BCUT2D eigenvalue weighted by molar-refractivity contribution is 0.0929. The van der Waals surface area contributed by atoms with E-state index in [1.54, 1.807) is 18.3 Å². The number of nitrogens with zero attached hydrogens (tertiary/aromatic N) is 5. The topological polar surface area (TPSA) is 97.6 Å².